The zero-order valence-corrected chi connectivity index (χ0v) is 11.1. The van der Waals surface area contributed by atoms with Crippen LogP contribution in [0.15, 0.2) is 54.7 Å². The quantitative estimate of drug-likeness (QED) is 0.782. The molecule has 1 heterocycles. The third-order valence-electron chi connectivity index (χ3n) is 3.05. The summed E-state index contributed by atoms with van der Waals surface area (Å²) in [7, 11) is 0. The van der Waals surface area contributed by atoms with Crippen molar-refractivity contribution < 1.29 is 0 Å². The van der Waals surface area contributed by atoms with Crippen LogP contribution in [-0.4, -0.2) is 16.3 Å². The summed E-state index contributed by atoms with van der Waals surface area (Å²) in [5.41, 5.74) is 2.24. The second kappa shape index (κ2) is 5.33. The predicted octanol–water partition coefficient (Wildman–Crippen LogP) is 3.80. The highest BCUT2D eigenvalue weighted by atomic mass is 35.5. The predicted molar refractivity (Wildman–Crippen MR) is 79.7 cm³/mol. The molecule has 96 valence electrons. The van der Waals surface area contributed by atoms with E-state index in [9.17, 15) is 0 Å². The monoisotopic (exact) mass is 271 g/mol. The Morgan fingerprint density at radius 2 is 1.84 bits per heavy atom. The molecule has 0 amide bonds. The van der Waals surface area contributed by atoms with Crippen LogP contribution in [0.4, 0.5) is 5.69 Å². The number of benzene rings is 2. The largest absolute Gasteiger partial charge is 0.383 e. The Balaban J connectivity index is 1.65. The lowest BCUT2D eigenvalue weighted by molar-refractivity contribution is 0.660. The fourth-order valence-corrected chi connectivity index (χ4v) is 2.20. The van der Waals surface area contributed by atoms with Gasteiger partial charge in [0.05, 0.1) is 18.3 Å². The lowest BCUT2D eigenvalue weighted by atomic mass is 10.2. The topological polar surface area (TPSA) is 29.9 Å². The Labute approximate surface area is 116 Å². The van der Waals surface area contributed by atoms with Crippen molar-refractivity contribution in [3.63, 3.8) is 0 Å². The number of para-hydroxylation sites is 1. The average molecular weight is 272 g/mol. The summed E-state index contributed by atoms with van der Waals surface area (Å²) in [5.74, 6) is 0. The van der Waals surface area contributed by atoms with Crippen molar-refractivity contribution >= 4 is 28.2 Å². The second-order valence-corrected chi connectivity index (χ2v) is 4.80. The van der Waals surface area contributed by atoms with Crippen LogP contribution in [0.2, 0.25) is 5.02 Å². The molecule has 0 aliphatic carbocycles. The first kappa shape index (κ1) is 12.1. The van der Waals surface area contributed by atoms with Gasteiger partial charge in [-0.15, -0.1) is 0 Å². The number of hydrogen-bond donors (Lipinski definition) is 1. The number of nitrogens with zero attached hydrogens (tertiary/aromatic N) is 2. The SMILES string of the molecule is Clc1ccc(NCCn2ncc3ccccc32)cc1. The maximum Gasteiger partial charge on any atom is 0.0683 e. The van der Waals surface area contributed by atoms with Gasteiger partial charge in [-0.2, -0.15) is 5.10 Å². The van der Waals surface area contributed by atoms with E-state index in [-0.39, 0.29) is 0 Å². The molecular weight excluding hydrogens is 258 g/mol. The average Bonchev–Trinajstić information content (AvgIpc) is 2.85. The molecule has 0 spiro atoms. The summed E-state index contributed by atoms with van der Waals surface area (Å²) < 4.78 is 2.01. The molecule has 0 aliphatic rings. The first-order valence-electron chi connectivity index (χ1n) is 6.23. The van der Waals surface area contributed by atoms with Crippen LogP contribution >= 0.6 is 11.6 Å². The van der Waals surface area contributed by atoms with Crippen molar-refractivity contribution in [2.24, 2.45) is 0 Å². The van der Waals surface area contributed by atoms with Gasteiger partial charge in [0.2, 0.25) is 0 Å². The van der Waals surface area contributed by atoms with E-state index in [1.807, 2.05) is 47.3 Å². The van der Waals surface area contributed by atoms with Crippen molar-refractivity contribution in [2.45, 2.75) is 6.54 Å². The van der Waals surface area contributed by atoms with Crippen molar-refractivity contribution in [2.75, 3.05) is 11.9 Å². The van der Waals surface area contributed by atoms with Gasteiger partial charge in [-0.25, -0.2) is 0 Å². The molecule has 0 saturated carbocycles. The highest BCUT2D eigenvalue weighted by Gasteiger charge is 2.00. The second-order valence-electron chi connectivity index (χ2n) is 4.36. The summed E-state index contributed by atoms with van der Waals surface area (Å²) in [6, 6.07) is 15.9. The summed E-state index contributed by atoms with van der Waals surface area (Å²) in [6.45, 7) is 1.66. The van der Waals surface area contributed by atoms with Crippen molar-refractivity contribution in [1.29, 1.82) is 0 Å². The van der Waals surface area contributed by atoms with Gasteiger partial charge in [0.1, 0.15) is 0 Å². The van der Waals surface area contributed by atoms with E-state index in [4.69, 9.17) is 11.6 Å². The highest BCUT2D eigenvalue weighted by molar-refractivity contribution is 6.30. The fraction of sp³-hybridized carbons (Fsp3) is 0.133. The maximum atomic E-state index is 5.85. The van der Waals surface area contributed by atoms with Crippen molar-refractivity contribution in [1.82, 2.24) is 9.78 Å². The number of fused-ring (bicyclic) bond motifs is 1. The molecular formula is C15H14ClN3. The van der Waals surface area contributed by atoms with E-state index >= 15 is 0 Å². The Kier molecular flexibility index (Phi) is 3.38. The molecule has 19 heavy (non-hydrogen) atoms. The van der Waals surface area contributed by atoms with Gasteiger partial charge in [0.25, 0.3) is 0 Å². The van der Waals surface area contributed by atoms with Crippen LogP contribution < -0.4 is 5.32 Å². The van der Waals surface area contributed by atoms with Crippen LogP contribution in [0.25, 0.3) is 10.9 Å². The number of anilines is 1. The first-order chi connectivity index (χ1) is 9.33. The Hall–Kier alpha value is -2.00. The van der Waals surface area contributed by atoms with E-state index in [2.05, 4.69) is 22.5 Å². The molecule has 3 aromatic rings. The standard InChI is InChI=1S/C15H14ClN3/c16-13-5-7-14(8-6-13)17-9-10-19-15-4-2-1-3-12(15)11-18-19/h1-8,11,17H,9-10H2. The lowest BCUT2D eigenvalue weighted by Gasteiger charge is -2.07. The molecule has 0 bridgehead atoms. The minimum absolute atomic E-state index is 0.753. The van der Waals surface area contributed by atoms with E-state index in [0.29, 0.717) is 0 Å². The van der Waals surface area contributed by atoms with Gasteiger partial charge < -0.3 is 5.32 Å². The molecule has 1 N–H and O–H groups in total. The minimum Gasteiger partial charge on any atom is -0.383 e. The van der Waals surface area contributed by atoms with Gasteiger partial charge in [-0.3, -0.25) is 4.68 Å². The van der Waals surface area contributed by atoms with E-state index in [1.165, 1.54) is 10.9 Å². The molecule has 1 aromatic heterocycles. The molecule has 0 aliphatic heterocycles. The summed E-state index contributed by atoms with van der Waals surface area (Å²) in [5, 5.41) is 9.68. The molecule has 0 radical (unpaired) electrons. The first-order valence-corrected chi connectivity index (χ1v) is 6.61. The van der Waals surface area contributed by atoms with Gasteiger partial charge >= 0.3 is 0 Å². The van der Waals surface area contributed by atoms with Gasteiger partial charge in [0.15, 0.2) is 0 Å². The lowest BCUT2D eigenvalue weighted by Crippen LogP contribution is -2.11. The number of halogens is 1. The Morgan fingerprint density at radius 3 is 2.68 bits per heavy atom. The number of hydrogen-bond acceptors (Lipinski definition) is 2. The smallest absolute Gasteiger partial charge is 0.0683 e. The van der Waals surface area contributed by atoms with Gasteiger partial charge in [-0.1, -0.05) is 29.8 Å². The third kappa shape index (κ3) is 2.71. The third-order valence-corrected chi connectivity index (χ3v) is 3.30. The molecule has 0 atom stereocenters. The van der Waals surface area contributed by atoms with Gasteiger partial charge in [-0.05, 0) is 30.3 Å². The number of aromatic nitrogens is 2. The van der Waals surface area contributed by atoms with E-state index < -0.39 is 0 Å². The molecule has 3 rings (SSSR count). The van der Waals surface area contributed by atoms with Crippen LogP contribution in [0, 0.1) is 0 Å². The van der Waals surface area contributed by atoms with Gasteiger partial charge in [0, 0.05) is 22.6 Å². The zero-order chi connectivity index (χ0) is 13.1. The zero-order valence-electron chi connectivity index (χ0n) is 10.4. The number of rotatable bonds is 4. The van der Waals surface area contributed by atoms with Crippen LogP contribution in [-0.2, 0) is 6.54 Å². The molecule has 4 heteroatoms. The van der Waals surface area contributed by atoms with Crippen molar-refractivity contribution in [3.05, 3.63) is 59.8 Å². The van der Waals surface area contributed by atoms with Crippen molar-refractivity contribution in [3.8, 4) is 0 Å². The highest BCUT2D eigenvalue weighted by Crippen LogP contribution is 2.14. The van der Waals surface area contributed by atoms with E-state index in [1.54, 1.807) is 0 Å². The molecule has 2 aromatic carbocycles. The summed E-state index contributed by atoms with van der Waals surface area (Å²) >= 11 is 5.85. The molecule has 0 saturated heterocycles. The van der Waals surface area contributed by atoms with Crippen LogP contribution in [0.1, 0.15) is 0 Å². The number of nitrogens with one attached hydrogen (secondary N) is 1. The molecule has 0 fully saturated rings. The normalized spacial score (nSPS) is 10.8. The molecule has 0 unspecified atom stereocenters. The summed E-state index contributed by atoms with van der Waals surface area (Å²) in [4.78, 5) is 0. The molecule has 3 nitrogen and oxygen atoms in total. The Morgan fingerprint density at radius 1 is 1.05 bits per heavy atom. The van der Waals surface area contributed by atoms with E-state index in [0.717, 1.165) is 23.8 Å². The van der Waals surface area contributed by atoms with Crippen LogP contribution in [0.3, 0.4) is 0 Å². The van der Waals surface area contributed by atoms with Crippen LogP contribution in [0.5, 0.6) is 0 Å². The maximum absolute atomic E-state index is 5.85. The fourth-order valence-electron chi connectivity index (χ4n) is 2.08. The summed E-state index contributed by atoms with van der Waals surface area (Å²) in [6.07, 6.45) is 1.90. The Bertz CT molecular complexity index is 673. The minimum atomic E-state index is 0.753.